The number of halogens is 1. The van der Waals surface area contributed by atoms with Crippen molar-refractivity contribution in [2.75, 3.05) is 11.9 Å². The Hall–Kier alpha value is -3.15. The Morgan fingerprint density at radius 3 is 2.42 bits per heavy atom. The molecule has 3 rings (SSSR count). The van der Waals surface area contributed by atoms with Crippen LogP contribution in [0.2, 0.25) is 0 Å². The first-order valence-corrected chi connectivity index (χ1v) is 10.7. The number of nitrogens with zero attached hydrogens (tertiary/aromatic N) is 3. The number of benzene rings is 2. The fraction of sp³-hybridized carbons (Fsp3) is 0.360. The number of carbonyl (C=O) groups excluding carboxylic acids is 1. The van der Waals surface area contributed by atoms with Gasteiger partial charge < -0.3 is 14.3 Å². The number of anilines is 1. The first kappa shape index (κ1) is 22.5. The number of hydrogen-bond donors (Lipinski definition) is 0. The Balaban J connectivity index is 2.07. The molecule has 0 aliphatic heterocycles. The molecular formula is C25H30FN3O2. The van der Waals surface area contributed by atoms with E-state index in [1.165, 1.54) is 12.1 Å². The van der Waals surface area contributed by atoms with Crippen LogP contribution in [0.1, 0.15) is 50.0 Å². The zero-order valence-electron chi connectivity index (χ0n) is 18.8. The Kier molecular flexibility index (Phi) is 7.10. The second-order valence-corrected chi connectivity index (χ2v) is 8.09. The van der Waals surface area contributed by atoms with Crippen LogP contribution in [-0.2, 0) is 6.54 Å². The smallest absolute Gasteiger partial charge is 0.254 e. The molecule has 1 amide bonds. The van der Waals surface area contributed by atoms with Crippen LogP contribution in [0, 0.1) is 5.82 Å². The van der Waals surface area contributed by atoms with Crippen LogP contribution in [0.15, 0.2) is 59.1 Å². The molecule has 1 atom stereocenters. The monoisotopic (exact) mass is 423 g/mol. The van der Waals surface area contributed by atoms with Gasteiger partial charge in [-0.3, -0.25) is 4.79 Å². The van der Waals surface area contributed by atoms with Gasteiger partial charge in [0, 0.05) is 30.3 Å². The molecule has 0 spiro atoms. The molecule has 164 valence electrons. The van der Waals surface area contributed by atoms with Gasteiger partial charge in [-0.1, -0.05) is 48.5 Å². The zero-order valence-corrected chi connectivity index (χ0v) is 18.8. The van der Waals surface area contributed by atoms with Gasteiger partial charge in [0.1, 0.15) is 11.5 Å². The highest BCUT2D eigenvalue weighted by molar-refractivity contribution is 5.94. The molecule has 2 aromatic carbocycles. The molecule has 0 aliphatic carbocycles. The topological polar surface area (TPSA) is 49.6 Å². The molecule has 1 aromatic heterocycles. The molecule has 0 saturated carbocycles. The largest absolute Gasteiger partial charge is 0.341 e. The molecule has 6 heteroatoms. The van der Waals surface area contributed by atoms with Crippen LogP contribution >= 0.6 is 0 Å². The number of hydrogen-bond acceptors (Lipinski definition) is 4. The number of amides is 1. The molecule has 0 aliphatic rings. The van der Waals surface area contributed by atoms with Gasteiger partial charge >= 0.3 is 0 Å². The Bertz CT molecular complexity index is 1020. The summed E-state index contributed by atoms with van der Waals surface area (Å²) in [6.45, 7) is 8.48. The van der Waals surface area contributed by atoms with Crippen molar-refractivity contribution in [1.82, 2.24) is 10.1 Å². The summed E-state index contributed by atoms with van der Waals surface area (Å²) in [6.07, 6.45) is 0.766. The predicted molar refractivity (Wildman–Crippen MR) is 122 cm³/mol. The van der Waals surface area contributed by atoms with Crippen molar-refractivity contribution in [1.29, 1.82) is 0 Å². The lowest BCUT2D eigenvalue weighted by molar-refractivity contribution is 0.0671. The lowest BCUT2D eigenvalue weighted by Crippen LogP contribution is -2.38. The maximum Gasteiger partial charge on any atom is 0.254 e. The lowest BCUT2D eigenvalue weighted by Gasteiger charge is -2.30. The molecular weight excluding hydrogens is 393 g/mol. The lowest BCUT2D eigenvalue weighted by atomic mass is 10.0. The van der Waals surface area contributed by atoms with E-state index in [-0.39, 0.29) is 18.0 Å². The van der Waals surface area contributed by atoms with E-state index in [0.29, 0.717) is 23.7 Å². The van der Waals surface area contributed by atoms with E-state index in [2.05, 4.69) is 19.0 Å². The molecule has 31 heavy (non-hydrogen) atoms. The van der Waals surface area contributed by atoms with Crippen LogP contribution in [0.5, 0.6) is 0 Å². The highest BCUT2D eigenvalue weighted by Gasteiger charge is 2.28. The SMILES string of the molecule is CCC(C)N(Cc1c(-c2ccccc2)noc1N(C)C(C)C)C(=O)c1cccc(F)c1. The van der Waals surface area contributed by atoms with Crippen molar-refractivity contribution in [3.63, 3.8) is 0 Å². The van der Waals surface area contributed by atoms with Crippen LogP contribution in [-0.4, -0.2) is 35.1 Å². The third-order valence-electron chi connectivity index (χ3n) is 5.69. The van der Waals surface area contributed by atoms with Crippen LogP contribution in [0.25, 0.3) is 11.3 Å². The molecule has 0 saturated heterocycles. The Labute approximate surface area is 183 Å². The summed E-state index contributed by atoms with van der Waals surface area (Å²) in [6, 6.07) is 15.8. The van der Waals surface area contributed by atoms with E-state index in [4.69, 9.17) is 4.52 Å². The third-order valence-corrected chi connectivity index (χ3v) is 5.69. The van der Waals surface area contributed by atoms with E-state index in [0.717, 1.165) is 17.5 Å². The van der Waals surface area contributed by atoms with Gasteiger partial charge in [-0.2, -0.15) is 0 Å². The van der Waals surface area contributed by atoms with E-state index < -0.39 is 5.82 Å². The van der Waals surface area contributed by atoms with Crippen molar-refractivity contribution in [3.8, 4) is 11.3 Å². The molecule has 0 radical (unpaired) electrons. The van der Waals surface area contributed by atoms with Gasteiger partial charge in [0.25, 0.3) is 5.91 Å². The fourth-order valence-electron chi connectivity index (χ4n) is 3.38. The van der Waals surface area contributed by atoms with Crippen molar-refractivity contribution in [2.24, 2.45) is 0 Å². The summed E-state index contributed by atoms with van der Waals surface area (Å²) in [7, 11) is 1.95. The van der Waals surface area contributed by atoms with Crippen molar-refractivity contribution in [2.45, 2.75) is 52.7 Å². The number of aromatic nitrogens is 1. The van der Waals surface area contributed by atoms with Gasteiger partial charge in [0.2, 0.25) is 5.88 Å². The third kappa shape index (κ3) is 4.95. The second-order valence-electron chi connectivity index (χ2n) is 8.09. The molecule has 0 bridgehead atoms. The zero-order chi connectivity index (χ0) is 22.5. The molecule has 0 fully saturated rings. The van der Waals surface area contributed by atoms with Crippen LogP contribution in [0.4, 0.5) is 10.3 Å². The first-order valence-electron chi connectivity index (χ1n) is 10.7. The van der Waals surface area contributed by atoms with Crippen molar-refractivity contribution < 1.29 is 13.7 Å². The van der Waals surface area contributed by atoms with Crippen molar-refractivity contribution in [3.05, 3.63) is 71.5 Å². The average molecular weight is 424 g/mol. The second kappa shape index (κ2) is 9.77. The maximum absolute atomic E-state index is 13.8. The highest BCUT2D eigenvalue weighted by atomic mass is 19.1. The van der Waals surface area contributed by atoms with Crippen LogP contribution in [0.3, 0.4) is 0 Å². The van der Waals surface area contributed by atoms with Crippen molar-refractivity contribution >= 4 is 11.8 Å². The molecule has 3 aromatic rings. The molecule has 1 heterocycles. The van der Waals surface area contributed by atoms with Crippen LogP contribution < -0.4 is 4.90 Å². The van der Waals surface area contributed by atoms with Gasteiger partial charge in [-0.25, -0.2) is 4.39 Å². The first-order chi connectivity index (χ1) is 14.8. The van der Waals surface area contributed by atoms with E-state index >= 15 is 0 Å². The minimum atomic E-state index is -0.426. The van der Waals surface area contributed by atoms with Gasteiger partial charge in [-0.05, 0) is 45.4 Å². The normalized spacial score (nSPS) is 12.1. The van der Waals surface area contributed by atoms with Gasteiger partial charge in [-0.15, -0.1) is 0 Å². The minimum Gasteiger partial charge on any atom is -0.341 e. The number of rotatable bonds is 8. The minimum absolute atomic E-state index is 0.0495. The average Bonchev–Trinajstić information content (AvgIpc) is 3.19. The maximum atomic E-state index is 13.8. The predicted octanol–water partition coefficient (Wildman–Crippen LogP) is 5.77. The van der Waals surface area contributed by atoms with E-state index in [1.807, 2.05) is 56.1 Å². The Morgan fingerprint density at radius 1 is 1.10 bits per heavy atom. The Morgan fingerprint density at radius 2 is 1.81 bits per heavy atom. The highest BCUT2D eigenvalue weighted by Crippen LogP contribution is 2.33. The summed E-state index contributed by atoms with van der Waals surface area (Å²) >= 11 is 0. The summed E-state index contributed by atoms with van der Waals surface area (Å²) < 4.78 is 19.6. The standard InChI is InChI=1S/C25H30FN3O2/c1-6-18(4)29(24(30)20-13-10-14-21(26)15-20)16-22-23(19-11-8-7-9-12-19)27-31-25(22)28(5)17(2)3/h7-15,17-18H,6,16H2,1-5H3. The molecule has 0 N–H and O–H groups in total. The van der Waals surface area contributed by atoms with Gasteiger partial charge in [0.05, 0.1) is 12.1 Å². The molecule has 1 unspecified atom stereocenters. The summed E-state index contributed by atoms with van der Waals surface area (Å²) in [4.78, 5) is 17.2. The quantitative estimate of drug-likeness (QED) is 0.462. The van der Waals surface area contributed by atoms with E-state index in [1.54, 1.807) is 17.0 Å². The summed E-state index contributed by atoms with van der Waals surface area (Å²) in [5, 5.41) is 4.36. The van der Waals surface area contributed by atoms with Gasteiger partial charge in [0.15, 0.2) is 0 Å². The summed E-state index contributed by atoms with van der Waals surface area (Å²) in [5.41, 5.74) is 2.81. The number of carbonyl (C=O) groups is 1. The molecule has 5 nitrogen and oxygen atoms in total. The van der Waals surface area contributed by atoms with E-state index in [9.17, 15) is 9.18 Å². The summed E-state index contributed by atoms with van der Waals surface area (Å²) in [5.74, 6) is -0.00783. The fourth-order valence-corrected chi connectivity index (χ4v) is 3.38.